The van der Waals surface area contributed by atoms with Gasteiger partial charge in [0, 0.05) is 93.5 Å². The van der Waals surface area contributed by atoms with Crippen LogP contribution in [0.1, 0.15) is 0 Å². The first kappa shape index (κ1) is 58.0. The SMILES string of the molecule is Brc1cccc(N(c2ccccc2)c2ccccc2)c1.c1ccc(-c2cc3c(ccc4c5ccccc5n(-c5cccc(N(c6ccccc6)c6ccccc6)c5)c43)n2-c2ccccc2)cc1.c1ccc(-c2cc3c4[nH]c5ccccc5c4ccc3n2-c2ccccc2)cc1. The third-order valence-corrected chi connectivity index (χ3v) is 18.2. The van der Waals surface area contributed by atoms with Gasteiger partial charge in [0.2, 0.25) is 0 Å². The van der Waals surface area contributed by atoms with Crippen LogP contribution in [0, 0.1) is 0 Å². The molecule has 0 saturated heterocycles. The largest absolute Gasteiger partial charge is 0.354 e. The molecule has 14 aromatic carbocycles. The number of para-hydroxylation sites is 8. The van der Waals surface area contributed by atoms with Gasteiger partial charge in [-0.1, -0.05) is 246 Å². The number of aromatic nitrogens is 4. The quantitative estimate of drug-likeness (QED) is 0.140. The smallest absolute Gasteiger partial charge is 0.0635 e. The van der Waals surface area contributed by atoms with Crippen molar-refractivity contribution >= 4 is 115 Å². The molecular formula is C88H63BrN6. The number of halogens is 1. The summed E-state index contributed by atoms with van der Waals surface area (Å²) in [5.41, 5.74) is 22.1. The van der Waals surface area contributed by atoms with E-state index in [9.17, 15) is 0 Å². The molecule has 0 saturated carbocycles. The van der Waals surface area contributed by atoms with Crippen molar-refractivity contribution in [2.45, 2.75) is 0 Å². The van der Waals surface area contributed by atoms with Crippen molar-refractivity contribution in [2.24, 2.45) is 0 Å². The Hall–Kier alpha value is -12.2. The summed E-state index contributed by atoms with van der Waals surface area (Å²) in [6.45, 7) is 0. The van der Waals surface area contributed by atoms with E-state index in [4.69, 9.17) is 0 Å². The van der Waals surface area contributed by atoms with Gasteiger partial charge in [0.15, 0.2) is 0 Å². The molecule has 95 heavy (non-hydrogen) atoms. The monoisotopic (exact) mass is 1280 g/mol. The van der Waals surface area contributed by atoms with Crippen molar-refractivity contribution in [3.8, 4) is 39.6 Å². The molecule has 0 radical (unpaired) electrons. The predicted molar refractivity (Wildman–Crippen MR) is 405 cm³/mol. The van der Waals surface area contributed by atoms with Crippen LogP contribution >= 0.6 is 15.9 Å². The number of nitrogens with zero attached hydrogens (tertiary/aromatic N) is 5. The molecule has 7 heteroatoms. The molecule has 0 amide bonds. The van der Waals surface area contributed by atoms with Gasteiger partial charge >= 0.3 is 0 Å². The third kappa shape index (κ3) is 11.2. The highest BCUT2D eigenvalue weighted by atomic mass is 79.9. The van der Waals surface area contributed by atoms with Gasteiger partial charge in [-0.2, -0.15) is 0 Å². The van der Waals surface area contributed by atoms with E-state index in [1.54, 1.807) is 0 Å². The minimum Gasteiger partial charge on any atom is -0.354 e. The summed E-state index contributed by atoms with van der Waals surface area (Å²) < 4.78 is 8.28. The van der Waals surface area contributed by atoms with Crippen LogP contribution in [0.5, 0.6) is 0 Å². The summed E-state index contributed by atoms with van der Waals surface area (Å²) >= 11 is 3.55. The molecule has 18 aromatic rings. The third-order valence-electron chi connectivity index (χ3n) is 17.7. The summed E-state index contributed by atoms with van der Waals surface area (Å²) in [5, 5.41) is 7.49. The number of hydrogen-bond acceptors (Lipinski definition) is 2. The molecule has 4 heterocycles. The van der Waals surface area contributed by atoms with E-state index in [1.165, 1.54) is 93.6 Å². The van der Waals surface area contributed by atoms with Gasteiger partial charge in [0.05, 0.1) is 39.0 Å². The van der Waals surface area contributed by atoms with Crippen LogP contribution in [0.2, 0.25) is 0 Å². The van der Waals surface area contributed by atoms with E-state index in [0.717, 1.165) is 50.0 Å². The molecule has 0 bridgehead atoms. The fraction of sp³-hybridized carbons (Fsp3) is 0. The number of benzene rings is 14. The van der Waals surface area contributed by atoms with Crippen LogP contribution in [0.3, 0.4) is 0 Å². The summed E-state index contributed by atoms with van der Waals surface area (Å²) in [4.78, 5) is 8.22. The molecule has 0 fully saturated rings. The highest BCUT2D eigenvalue weighted by molar-refractivity contribution is 9.10. The van der Waals surface area contributed by atoms with Crippen LogP contribution in [0.15, 0.2) is 381 Å². The second-order valence-corrected chi connectivity index (χ2v) is 24.4. The maximum atomic E-state index is 3.65. The summed E-state index contributed by atoms with van der Waals surface area (Å²) in [5.74, 6) is 0. The minimum absolute atomic E-state index is 1.08. The standard InChI is InChI=1S/C44H31N3.C26H18N2.C18H14BrN/c1-5-16-32(17-6-1)43-31-40-42(46(43)35-22-11-4-12-23-35)29-28-39-38-26-13-14-27-41(38)47(44(39)40)37-25-15-24-36(30-37)45(33-18-7-2-8-19-33)34-20-9-3-10-21-34;1-3-9-18(10-4-1)25-17-22-24(28(25)19-11-5-2-6-12-19)16-15-21-20-13-7-8-14-23(20)27-26(21)22;19-15-8-7-13-18(14-15)20(16-9-3-1-4-10-16)17-11-5-2-6-12-17/h1-31H;1-17,27H;1-14H. The fourth-order valence-corrected chi connectivity index (χ4v) is 13.9. The predicted octanol–water partition coefficient (Wildman–Crippen LogP) is 24.7. The maximum absolute atomic E-state index is 3.65. The highest BCUT2D eigenvalue weighted by Crippen LogP contribution is 2.44. The van der Waals surface area contributed by atoms with Crippen LogP contribution < -0.4 is 9.80 Å². The Bertz CT molecular complexity index is 5570. The number of aromatic amines is 1. The lowest BCUT2D eigenvalue weighted by atomic mass is 10.1. The molecule has 0 spiro atoms. The van der Waals surface area contributed by atoms with Crippen LogP contribution in [-0.2, 0) is 0 Å². The fourth-order valence-electron chi connectivity index (χ4n) is 13.6. The second-order valence-electron chi connectivity index (χ2n) is 23.5. The topological polar surface area (TPSA) is 37.1 Å². The van der Waals surface area contributed by atoms with Crippen molar-refractivity contribution in [3.63, 3.8) is 0 Å². The van der Waals surface area contributed by atoms with Crippen LogP contribution in [-0.4, -0.2) is 18.7 Å². The summed E-state index contributed by atoms with van der Waals surface area (Å²) in [6.07, 6.45) is 0. The number of anilines is 6. The molecule has 4 aromatic heterocycles. The Balaban J connectivity index is 0.000000125. The van der Waals surface area contributed by atoms with Gasteiger partial charge in [-0.3, -0.25) is 0 Å². The van der Waals surface area contributed by atoms with Gasteiger partial charge in [-0.05, 0) is 157 Å². The number of nitrogens with one attached hydrogen (secondary N) is 1. The van der Waals surface area contributed by atoms with E-state index in [0.29, 0.717) is 0 Å². The number of fused-ring (bicyclic) bond motifs is 10. The molecule has 0 unspecified atom stereocenters. The summed E-state index contributed by atoms with van der Waals surface area (Å²) in [7, 11) is 0. The highest BCUT2D eigenvalue weighted by Gasteiger charge is 2.23. The van der Waals surface area contributed by atoms with Crippen molar-refractivity contribution in [2.75, 3.05) is 9.80 Å². The first-order chi connectivity index (χ1) is 47.1. The van der Waals surface area contributed by atoms with Gasteiger partial charge in [-0.15, -0.1) is 0 Å². The van der Waals surface area contributed by atoms with E-state index in [2.05, 4.69) is 402 Å². The average Bonchev–Trinajstić information content (AvgIpc) is 1.57. The molecular weight excluding hydrogens is 1220 g/mol. The molecule has 0 aliphatic rings. The van der Waals surface area contributed by atoms with Crippen molar-refractivity contribution in [1.29, 1.82) is 0 Å². The van der Waals surface area contributed by atoms with Gasteiger partial charge in [0.1, 0.15) is 0 Å². The Kier molecular flexibility index (Phi) is 15.8. The van der Waals surface area contributed by atoms with E-state index >= 15 is 0 Å². The number of hydrogen-bond donors (Lipinski definition) is 1. The average molecular weight is 1280 g/mol. The zero-order chi connectivity index (χ0) is 63.4. The van der Waals surface area contributed by atoms with Gasteiger partial charge < -0.3 is 28.5 Å². The van der Waals surface area contributed by atoms with Crippen molar-refractivity contribution in [3.05, 3.63) is 381 Å². The van der Waals surface area contributed by atoms with Crippen molar-refractivity contribution in [1.82, 2.24) is 18.7 Å². The van der Waals surface area contributed by atoms with Crippen molar-refractivity contribution < 1.29 is 0 Å². The molecule has 0 atom stereocenters. The first-order valence-electron chi connectivity index (χ1n) is 32.1. The Morgan fingerprint density at radius 2 is 0.621 bits per heavy atom. The molecule has 452 valence electrons. The number of rotatable bonds is 11. The summed E-state index contributed by atoms with van der Waals surface area (Å²) in [6, 6.07) is 133. The normalized spacial score (nSPS) is 11.2. The molecule has 6 nitrogen and oxygen atoms in total. The van der Waals surface area contributed by atoms with Gasteiger partial charge in [0.25, 0.3) is 0 Å². The first-order valence-corrected chi connectivity index (χ1v) is 32.9. The van der Waals surface area contributed by atoms with E-state index in [-0.39, 0.29) is 0 Å². The lowest BCUT2D eigenvalue weighted by molar-refractivity contribution is 1.13. The Morgan fingerprint density at radius 1 is 0.242 bits per heavy atom. The Labute approximate surface area is 560 Å². The molecule has 0 aliphatic carbocycles. The zero-order valence-corrected chi connectivity index (χ0v) is 53.5. The minimum atomic E-state index is 1.08. The second kappa shape index (κ2) is 25.8. The Morgan fingerprint density at radius 3 is 1.14 bits per heavy atom. The lowest BCUT2D eigenvalue weighted by Crippen LogP contribution is -2.10. The van der Waals surface area contributed by atoms with Crippen LogP contribution in [0.25, 0.3) is 105 Å². The van der Waals surface area contributed by atoms with Crippen LogP contribution in [0.4, 0.5) is 34.1 Å². The van der Waals surface area contributed by atoms with E-state index < -0.39 is 0 Å². The maximum Gasteiger partial charge on any atom is 0.0635 e. The lowest BCUT2D eigenvalue weighted by Gasteiger charge is -2.26. The van der Waals surface area contributed by atoms with Gasteiger partial charge in [-0.25, -0.2) is 0 Å². The number of H-pyrrole nitrogens is 1. The molecule has 18 rings (SSSR count). The zero-order valence-electron chi connectivity index (χ0n) is 51.9. The molecule has 1 N–H and O–H groups in total. The molecule has 0 aliphatic heterocycles. The van der Waals surface area contributed by atoms with E-state index in [1.807, 2.05) is 18.2 Å².